The standard InChI is InChI=1S/C6H7ClN2/c7-6(3-5-9)2-1-4-8/h6H,1-3H2/t6-/m1/s1. The van der Waals surface area contributed by atoms with Crippen LogP contribution in [-0.4, -0.2) is 5.38 Å². The molecule has 0 bridgehead atoms. The first-order chi connectivity index (χ1) is 4.31. The van der Waals surface area contributed by atoms with Crippen LogP contribution in [0, 0.1) is 22.7 Å². The Morgan fingerprint density at radius 3 is 2.44 bits per heavy atom. The zero-order valence-electron chi connectivity index (χ0n) is 4.97. The van der Waals surface area contributed by atoms with E-state index < -0.39 is 0 Å². The molecule has 3 heteroatoms. The number of halogens is 1. The quantitative estimate of drug-likeness (QED) is 0.565. The Balaban J connectivity index is 3.21. The molecule has 0 aromatic carbocycles. The molecule has 0 saturated carbocycles. The molecule has 0 N–H and O–H groups in total. The van der Waals surface area contributed by atoms with Gasteiger partial charge in [0.05, 0.1) is 18.6 Å². The molecule has 0 aromatic rings. The molecule has 0 aliphatic rings. The summed E-state index contributed by atoms with van der Waals surface area (Å²) in [6.45, 7) is 0. The topological polar surface area (TPSA) is 47.6 Å². The predicted octanol–water partition coefficient (Wildman–Crippen LogP) is 1.81. The van der Waals surface area contributed by atoms with Gasteiger partial charge in [-0.1, -0.05) is 0 Å². The van der Waals surface area contributed by atoms with Gasteiger partial charge in [-0.25, -0.2) is 0 Å². The van der Waals surface area contributed by atoms with E-state index in [0.29, 0.717) is 19.3 Å². The van der Waals surface area contributed by atoms with E-state index in [1.54, 1.807) is 0 Å². The minimum absolute atomic E-state index is 0.144. The largest absolute Gasteiger partial charge is 0.198 e. The van der Waals surface area contributed by atoms with Crippen molar-refractivity contribution in [3.63, 3.8) is 0 Å². The molecule has 0 amide bonds. The molecular weight excluding hydrogens is 136 g/mol. The second-order valence-electron chi connectivity index (χ2n) is 1.66. The normalized spacial score (nSPS) is 11.4. The second-order valence-corrected chi connectivity index (χ2v) is 2.27. The minimum atomic E-state index is -0.144. The Hall–Kier alpha value is -0.730. The number of nitrogens with zero attached hydrogens (tertiary/aromatic N) is 2. The fourth-order valence-electron chi connectivity index (χ4n) is 0.422. The van der Waals surface area contributed by atoms with Gasteiger partial charge in [-0.05, 0) is 6.42 Å². The average molecular weight is 143 g/mol. The summed E-state index contributed by atoms with van der Waals surface area (Å²) in [6.07, 6.45) is 1.39. The van der Waals surface area contributed by atoms with Crippen LogP contribution in [0.5, 0.6) is 0 Å². The van der Waals surface area contributed by atoms with Crippen molar-refractivity contribution in [3.05, 3.63) is 0 Å². The summed E-state index contributed by atoms with van der Waals surface area (Å²) in [5.74, 6) is 0. The molecule has 48 valence electrons. The van der Waals surface area contributed by atoms with Crippen molar-refractivity contribution in [1.29, 1.82) is 10.5 Å². The first-order valence-corrected chi connectivity index (χ1v) is 3.13. The summed E-state index contributed by atoms with van der Waals surface area (Å²) in [5.41, 5.74) is 0. The van der Waals surface area contributed by atoms with Crippen LogP contribution in [0.1, 0.15) is 19.3 Å². The van der Waals surface area contributed by atoms with Gasteiger partial charge >= 0.3 is 0 Å². The van der Waals surface area contributed by atoms with Crippen molar-refractivity contribution in [3.8, 4) is 12.1 Å². The summed E-state index contributed by atoms with van der Waals surface area (Å²) >= 11 is 5.59. The summed E-state index contributed by atoms with van der Waals surface area (Å²) in [7, 11) is 0. The van der Waals surface area contributed by atoms with E-state index >= 15 is 0 Å². The highest BCUT2D eigenvalue weighted by Gasteiger charge is 2.00. The van der Waals surface area contributed by atoms with E-state index in [-0.39, 0.29) is 5.38 Å². The number of rotatable bonds is 3. The lowest BCUT2D eigenvalue weighted by atomic mass is 10.2. The number of hydrogen-bond donors (Lipinski definition) is 0. The zero-order valence-corrected chi connectivity index (χ0v) is 5.73. The maximum absolute atomic E-state index is 8.12. The Morgan fingerprint density at radius 1 is 1.33 bits per heavy atom. The fraction of sp³-hybridized carbons (Fsp3) is 0.667. The molecule has 2 nitrogen and oxygen atoms in total. The Morgan fingerprint density at radius 2 is 2.00 bits per heavy atom. The van der Waals surface area contributed by atoms with Crippen molar-refractivity contribution < 1.29 is 0 Å². The molecule has 0 aliphatic heterocycles. The van der Waals surface area contributed by atoms with Crippen LogP contribution < -0.4 is 0 Å². The van der Waals surface area contributed by atoms with Crippen molar-refractivity contribution >= 4 is 11.6 Å². The molecule has 0 rings (SSSR count). The highest BCUT2D eigenvalue weighted by molar-refractivity contribution is 6.20. The van der Waals surface area contributed by atoms with E-state index in [2.05, 4.69) is 0 Å². The lowest BCUT2D eigenvalue weighted by molar-refractivity contribution is 0.783. The molecule has 0 unspecified atom stereocenters. The fourth-order valence-corrected chi connectivity index (χ4v) is 0.600. The number of nitriles is 2. The molecule has 0 aromatic heterocycles. The average Bonchev–Trinajstić information content (AvgIpc) is 1.85. The van der Waals surface area contributed by atoms with Gasteiger partial charge in [-0.2, -0.15) is 10.5 Å². The van der Waals surface area contributed by atoms with E-state index in [1.807, 2.05) is 12.1 Å². The first kappa shape index (κ1) is 8.27. The molecule has 0 aliphatic carbocycles. The third-order valence-electron chi connectivity index (χ3n) is 0.882. The van der Waals surface area contributed by atoms with Crippen molar-refractivity contribution in [2.75, 3.05) is 0 Å². The lowest BCUT2D eigenvalue weighted by Gasteiger charge is -1.97. The van der Waals surface area contributed by atoms with Gasteiger partial charge in [0.2, 0.25) is 0 Å². The third kappa shape index (κ3) is 5.14. The molecule has 1 atom stereocenters. The molecule has 0 saturated heterocycles. The van der Waals surface area contributed by atoms with Gasteiger partial charge in [-0.3, -0.25) is 0 Å². The van der Waals surface area contributed by atoms with Crippen LogP contribution in [0.3, 0.4) is 0 Å². The van der Waals surface area contributed by atoms with Gasteiger partial charge in [0.15, 0.2) is 0 Å². The first-order valence-electron chi connectivity index (χ1n) is 2.69. The molecule has 0 heterocycles. The van der Waals surface area contributed by atoms with Gasteiger partial charge in [0.25, 0.3) is 0 Å². The van der Waals surface area contributed by atoms with Gasteiger partial charge in [-0.15, -0.1) is 11.6 Å². The molecule has 0 spiro atoms. The highest BCUT2D eigenvalue weighted by Crippen LogP contribution is 2.07. The SMILES string of the molecule is N#CCC[C@@H](Cl)CC#N. The maximum Gasteiger partial charge on any atom is 0.0637 e. The van der Waals surface area contributed by atoms with Crippen LogP contribution in [0.15, 0.2) is 0 Å². The van der Waals surface area contributed by atoms with Crippen LogP contribution >= 0.6 is 11.6 Å². The zero-order chi connectivity index (χ0) is 7.11. The maximum atomic E-state index is 8.12. The Labute approximate surface area is 59.7 Å². The predicted molar refractivity (Wildman–Crippen MR) is 34.7 cm³/mol. The number of alkyl halides is 1. The molecule has 0 radical (unpaired) electrons. The molecule has 0 fully saturated rings. The van der Waals surface area contributed by atoms with Gasteiger partial charge in [0, 0.05) is 11.8 Å². The third-order valence-corrected chi connectivity index (χ3v) is 1.25. The van der Waals surface area contributed by atoms with E-state index in [0.717, 1.165) is 0 Å². The summed E-state index contributed by atoms with van der Waals surface area (Å²) in [5, 5.41) is 16.1. The van der Waals surface area contributed by atoms with Crippen molar-refractivity contribution in [2.45, 2.75) is 24.6 Å². The summed E-state index contributed by atoms with van der Waals surface area (Å²) in [4.78, 5) is 0. The van der Waals surface area contributed by atoms with E-state index in [1.165, 1.54) is 0 Å². The van der Waals surface area contributed by atoms with Crippen LogP contribution in [0.2, 0.25) is 0 Å². The Kier molecular flexibility index (Phi) is 4.97. The van der Waals surface area contributed by atoms with Gasteiger partial charge in [0.1, 0.15) is 0 Å². The Bertz CT molecular complexity index is 142. The van der Waals surface area contributed by atoms with E-state index in [9.17, 15) is 0 Å². The van der Waals surface area contributed by atoms with Crippen molar-refractivity contribution in [1.82, 2.24) is 0 Å². The van der Waals surface area contributed by atoms with Crippen molar-refractivity contribution in [2.24, 2.45) is 0 Å². The van der Waals surface area contributed by atoms with Crippen LogP contribution in [0.4, 0.5) is 0 Å². The summed E-state index contributed by atoms with van der Waals surface area (Å²) in [6, 6.07) is 3.90. The smallest absolute Gasteiger partial charge is 0.0637 e. The number of hydrogen-bond acceptors (Lipinski definition) is 2. The second kappa shape index (κ2) is 5.41. The van der Waals surface area contributed by atoms with Gasteiger partial charge < -0.3 is 0 Å². The van der Waals surface area contributed by atoms with E-state index in [4.69, 9.17) is 22.1 Å². The van der Waals surface area contributed by atoms with Crippen LogP contribution in [-0.2, 0) is 0 Å². The minimum Gasteiger partial charge on any atom is -0.198 e. The monoisotopic (exact) mass is 142 g/mol. The lowest BCUT2D eigenvalue weighted by Crippen LogP contribution is -1.94. The molecular formula is C6H7ClN2. The summed E-state index contributed by atoms with van der Waals surface area (Å²) < 4.78 is 0. The highest BCUT2D eigenvalue weighted by atomic mass is 35.5. The molecule has 9 heavy (non-hydrogen) atoms. The van der Waals surface area contributed by atoms with Crippen LogP contribution in [0.25, 0.3) is 0 Å².